The zero-order valence-corrected chi connectivity index (χ0v) is 12.2. The molecule has 0 heterocycles. The van der Waals surface area contributed by atoms with Gasteiger partial charge in [0.1, 0.15) is 5.82 Å². The largest absolute Gasteiger partial charge is 0.324 e. The lowest BCUT2D eigenvalue weighted by Crippen LogP contribution is -2.18. The van der Waals surface area contributed by atoms with Gasteiger partial charge in [-0.1, -0.05) is 38.5 Å². The van der Waals surface area contributed by atoms with E-state index < -0.39 is 0 Å². The third-order valence-corrected chi connectivity index (χ3v) is 4.49. The minimum absolute atomic E-state index is 0.0590. The van der Waals surface area contributed by atoms with Crippen LogP contribution in [0.1, 0.15) is 67.7 Å². The molecule has 19 heavy (non-hydrogen) atoms. The molecule has 1 aromatic carbocycles. The lowest BCUT2D eigenvalue weighted by Gasteiger charge is -2.22. The number of halogens is 1. The minimum atomic E-state index is -0.152. The summed E-state index contributed by atoms with van der Waals surface area (Å²) in [5, 5.41) is 0. The van der Waals surface area contributed by atoms with Gasteiger partial charge < -0.3 is 5.73 Å². The summed E-state index contributed by atoms with van der Waals surface area (Å²) in [4.78, 5) is 0. The van der Waals surface area contributed by atoms with E-state index in [1.165, 1.54) is 38.5 Å². The van der Waals surface area contributed by atoms with E-state index in [1.807, 2.05) is 13.8 Å². The van der Waals surface area contributed by atoms with E-state index in [0.717, 1.165) is 29.0 Å². The molecular formula is C17H26FN. The second kappa shape index (κ2) is 6.51. The van der Waals surface area contributed by atoms with Crippen molar-refractivity contribution in [3.8, 4) is 0 Å². The maximum Gasteiger partial charge on any atom is 0.123 e. The molecule has 0 amide bonds. The average molecular weight is 263 g/mol. The van der Waals surface area contributed by atoms with Crippen LogP contribution in [0.15, 0.2) is 12.1 Å². The van der Waals surface area contributed by atoms with Gasteiger partial charge >= 0.3 is 0 Å². The molecule has 1 aromatic rings. The monoisotopic (exact) mass is 263 g/mol. The molecule has 1 nitrogen and oxygen atoms in total. The summed E-state index contributed by atoms with van der Waals surface area (Å²) in [6.07, 6.45) is 9.12. The molecule has 106 valence electrons. The standard InChI is InChI=1S/C17H26FN/c1-12-9-15(18)10-13(2)17(12)16(19)11-14-7-5-3-4-6-8-14/h9-10,14,16H,3-8,11,19H2,1-2H3. The van der Waals surface area contributed by atoms with E-state index in [4.69, 9.17) is 5.73 Å². The topological polar surface area (TPSA) is 26.0 Å². The maximum atomic E-state index is 13.3. The van der Waals surface area contributed by atoms with Crippen molar-refractivity contribution in [3.63, 3.8) is 0 Å². The van der Waals surface area contributed by atoms with Gasteiger partial charge in [-0.2, -0.15) is 0 Å². The lowest BCUT2D eigenvalue weighted by atomic mass is 9.87. The fourth-order valence-corrected chi connectivity index (χ4v) is 3.58. The first-order valence-corrected chi connectivity index (χ1v) is 7.60. The Kier molecular flexibility index (Phi) is 4.98. The van der Waals surface area contributed by atoms with Gasteiger partial charge in [0.2, 0.25) is 0 Å². The molecule has 1 aliphatic rings. The van der Waals surface area contributed by atoms with Crippen LogP contribution in [0.3, 0.4) is 0 Å². The molecule has 1 atom stereocenters. The van der Waals surface area contributed by atoms with E-state index in [-0.39, 0.29) is 11.9 Å². The quantitative estimate of drug-likeness (QED) is 0.779. The van der Waals surface area contributed by atoms with Crippen LogP contribution in [-0.4, -0.2) is 0 Å². The Hall–Kier alpha value is -0.890. The van der Waals surface area contributed by atoms with Crippen LogP contribution in [0.5, 0.6) is 0 Å². The summed E-state index contributed by atoms with van der Waals surface area (Å²) in [6.45, 7) is 3.94. The van der Waals surface area contributed by atoms with Crippen molar-refractivity contribution in [2.45, 2.75) is 64.8 Å². The molecule has 2 heteroatoms. The van der Waals surface area contributed by atoms with Gasteiger partial charge in [-0.15, -0.1) is 0 Å². The molecule has 0 saturated heterocycles. The molecule has 1 saturated carbocycles. The second-order valence-corrected chi connectivity index (χ2v) is 6.15. The van der Waals surface area contributed by atoms with Crippen LogP contribution in [0.25, 0.3) is 0 Å². The molecule has 1 aliphatic carbocycles. The summed E-state index contributed by atoms with van der Waals surface area (Å²) < 4.78 is 13.3. The van der Waals surface area contributed by atoms with Gasteiger partial charge in [-0.3, -0.25) is 0 Å². The molecule has 0 radical (unpaired) electrons. The molecule has 1 fully saturated rings. The van der Waals surface area contributed by atoms with E-state index >= 15 is 0 Å². The fourth-order valence-electron chi connectivity index (χ4n) is 3.58. The van der Waals surface area contributed by atoms with Gasteiger partial charge in [-0.05, 0) is 55.0 Å². The maximum absolute atomic E-state index is 13.3. The number of hydrogen-bond donors (Lipinski definition) is 1. The van der Waals surface area contributed by atoms with Crippen LogP contribution < -0.4 is 5.73 Å². The van der Waals surface area contributed by atoms with Crippen LogP contribution in [0, 0.1) is 25.6 Å². The van der Waals surface area contributed by atoms with Gasteiger partial charge in [0, 0.05) is 6.04 Å². The summed E-state index contributed by atoms with van der Waals surface area (Å²) in [6, 6.07) is 3.27. The first-order chi connectivity index (χ1) is 9.08. The SMILES string of the molecule is Cc1cc(F)cc(C)c1C(N)CC1CCCCCC1. The Labute approximate surface area is 116 Å². The smallest absolute Gasteiger partial charge is 0.123 e. The highest BCUT2D eigenvalue weighted by Gasteiger charge is 2.19. The number of nitrogens with two attached hydrogens (primary N) is 1. The van der Waals surface area contributed by atoms with Crippen LogP contribution in [0.2, 0.25) is 0 Å². The molecular weight excluding hydrogens is 237 g/mol. The molecule has 2 N–H and O–H groups in total. The van der Waals surface area contributed by atoms with E-state index in [2.05, 4.69) is 0 Å². The highest BCUT2D eigenvalue weighted by Crippen LogP contribution is 2.32. The number of benzene rings is 1. The van der Waals surface area contributed by atoms with Crippen molar-refractivity contribution < 1.29 is 4.39 Å². The number of aryl methyl sites for hydroxylation is 2. The molecule has 1 unspecified atom stereocenters. The van der Waals surface area contributed by atoms with Gasteiger partial charge in [0.15, 0.2) is 0 Å². The van der Waals surface area contributed by atoms with Crippen LogP contribution in [0.4, 0.5) is 4.39 Å². The Morgan fingerprint density at radius 3 is 2.16 bits per heavy atom. The molecule has 0 aliphatic heterocycles. The highest BCUT2D eigenvalue weighted by molar-refractivity contribution is 5.36. The Morgan fingerprint density at radius 2 is 1.63 bits per heavy atom. The fraction of sp³-hybridized carbons (Fsp3) is 0.647. The summed E-state index contributed by atoms with van der Waals surface area (Å²) in [5.74, 6) is 0.599. The van der Waals surface area contributed by atoms with Gasteiger partial charge in [0.05, 0.1) is 0 Å². The van der Waals surface area contributed by atoms with Crippen molar-refractivity contribution in [1.29, 1.82) is 0 Å². The summed E-state index contributed by atoms with van der Waals surface area (Å²) in [7, 11) is 0. The van der Waals surface area contributed by atoms with Crippen molar-refractivity contribution in [3.05, 3.63) is 34.6 Å². The second-order valence-electron chi connectivity index (χ2n) is 6.15. The normalized spacial score (nSPS) is 19.2. The predicted molar refractivity (Wildman–Crippen MR) is 78.6 cm³/mol. The lowest BCUT2D eigenvalue weighted by molar-refractivity contribution is 0.391. The molecule has 0 aromatic heterocycles. The minimum Gasteiger partial charge on any atom is -0.324 e. The van der Waals surface area contributed by atoms with E-state index in [1.54, 1.807) is 12.1 Å². The van der Waals surface area contributed by atoms with Gasteiger partial charge in [0.25, 0.3) is 0 Å². The van der Waals surface area contributed by atoms with Crippen LogP contribution in [-0.2, 0) is 0 Å². The van der Waals surface area contributed by atoms with Crippen molar-refractivity contribution >= 4 is 0 Å². The number of hydrogen-bond acceptors (Lipinski definition) is 1. The Morgan fingerprint density at radius 1 is 1.11 bits per heavy atom. The van der Waals surface area contributed by atoms with E-state index in [0.29, 0.717) is 0 Å². The molecule has 0 bridgehead atoms. The van der Waals surface area contributed by atoms with E-state index in [9.17, 15) is 4.39 Å². The summed E-state index contributed by atoms with van der Waals surface area (Å²) in [5.41, 5.74) is 9.56. The number of rotatable bonds is 3. The Balaban J connectivity index is 2.08. The predicted octanol–water partition coefficient (Wildman–Crippen LogP) is 4.80. The first kappa shape index (κ1) is 14.5. The van der Waals surface area contributed by atoms with Crippen molar-refractivity contribution in [2.24, 2.45) is 11.7 Å². The highest BCUT2D eigenvalue weighted by atomic mass is 19.1. The first-order valence-electron chi connectivity index (χ1n) is 7.60. The molecule has 2 rings (SSSR count). The van der Waals surface area contributed by atoms with Crippen molar-refractivity contribution in [2.75, 3.05) is 0 Å². The average Bonchev–Trinajstić information content (AvgIpc) is 2.56. The van der Waals surface area contributed by atoms with Crippen molar-refractivity contribution in [1.82, 2.24) is 0 Å². The third-order valence-electron chi connectivity index (χ3n) is 4.49. The zero-order valence-electron chi connectivity index (χ0n) is 12.2. The summed E-state index contributed by atoms with van der Waals surface area (Å²) >= 11 is 0. The van der Waals surface area contributed by atoms with Gasteiger partial charge in [-0.25, -0.2) is 4.39 Å². The Bertz CT molecular complexity index is 396. The van der Waals surface area contributed by atoms with Crippen LogP contribution >= 0.6 is 0 Å². The third kappa shape index (κ3) is 3.79. The molecule has 0 spiro atoms. The zero-order chi connectivity index (χ0) is 13.8.